The predicted molar refractivity (Wildman–Crippen MR) is 118 cm³/mol. The molecule has 0 radical (unpaired) electrons. The van der Waals surface area contributed by atoms with Gasteiger partial charge in [-0.15, -0.1) is 0 Å². The third-order valence-corrected chi connectivity index (χ3v) is 5.03. The largest absolute Gasteiger partial charge is 0.479 e. The number of ether oxygens (including phenoxy) is 1. The van der Waals surface area contributed by atoms with Crippen LogP contribution in [-0.2, 0) is 11.3 Å². The lowest BCUT2D eigenvalue weighted by Crippen LogP contribution is -2.44. The van der Waals surface area contributed by atoms with Crippen molar-refractivity contribution >= 4 is 40.6 Å². The van der Waals surface area contributed by atoms with Gasteiger partial charge in [0.2, 0.25) is 0 Å². The zero-order valence-electron chi connectivity index (χ0n) is 16.6. The molecule has 0 spiro atoms. The molecule has 2 N–H and O–H groups in total. The molecule has 1 aliphatic rings. The van der Waals surface area contributed by atoms with E-state index in [1.165, 1.54) is 12.1 Å². The molecule has 3 aromatic rings. The van der Waals surface area contributed by atoms with Crippen molar-refractivity contribution in [2.24, 2.45) is 0 Å². The summed E-state index contributed by atoms with van der Waals surface area (Å²) in [7, 11) is 0. The number of anilines is 3. The molecule has 1 atom stereocenters. The van der Waals surface area contributed by atoms with E-state index in [1.54, 1.807) is 66.4 Å². The maximum absolute atomic E-state index is 13.2. The predicted octanol–water partition coefficient (Wildman–Crippen LogP) is 5.44. The minimum absolute atomic E-state index is 0.223. The van der Waals surface area contributed by atoms with Crippen LogP contribution < -0.4 is 20.3 Å². The van der Waals surface area contributed by atoms with Crippen LogP contribution in [0.15, 0.2) is 66.7 Å². The summed E-state index contributed by atoms with van der Waals surface area (Å²) in [5, 5.41) is 6.03. The molecule has 0 bridgehead atoms. The van der Waals surface area contributed by atoms with Crippen molar-refractivity contribution in [1.29, 1.82) is 0 Å². The van der Waals surface area contributed by atoms with Gasteiger partial charge in [-0.1, -0.05) is 23.7 Å². The number of rotatable bonds is 4. The fourth-order valence-electron chi connectivity index (χ4n) is 3.25. The Kier molecular flexibility index (Phi) is 5.77. The summed E-state index contributed by atoms with van der Waals surface area (Å²) in [6, 6.07) is 17.3. The van der Waals surface area contributed by atoms with E-state index in [4.69, 9.17) is 16.3 Å². The number of nitrogens with zero attached hydrogens (tertiary/aromatic N) is 1. The van der Waals surface area contributed by atoms with Crippen molar-refractivity contribution in [3.8, 4) is 5.75 Å². The van der Waals surface area contributed by atoms with E-state index in [-0.39, 0.29) is 18.3 Å². The van der Waals surface area contributed by atoms with Crippen molar-refractivity contribution in [3.05, 3.63) is 83.1 Å². The Morgan fingerprint density at radius 3 is 2.39 bits per heavy atom. The Bertz CT molecular complexity index is 1120. The van der Waals surface area contributed by atoms with Gasteiger partial charge in [-0.05, 0) is 67.1 Å². The maximum Gasteiger partial charge on any atom is 0.323 e. The summed E-state index contributed by atoms with van der Waals surface area (Å²) < 4.78 is 18.9. The van der Waals surface area contributed by atoms with Crippen LogP contribution in [0.1, 0.15) is 12.5 Å². The number of hydrogen-bond acceptors (Lipinski definition) is 3. The Morgan fingerprint density at radius 2 is 1.68 bits per heavy atom. The molecule has 0 saturated carbocycles. The Morgan fingerprint density at radius 1 is 1.03 bits per heavy atom. The smallest absolute Gasteiger partial charge is 0.323 e. The van der Waals surface area contributed by atoms with Gasteiger partial charge in [0.15, 0.2) is 6.10 Å². The summed E-state index contributed by atoms with van der Waals surface area (Å²) in [5.41, 5.74) is 2.37. The third-order valence-electron chi connectivity index (χ3n) is 4.78. The molecule has 1 aliphatic heterocycles. The van der Waals surface area contributed by atoms with E-state index < -0.39 is 12.1 Å². The van der Waals surface area contributed by atoms with Crippen LogP contribution in [0, 0.1) is 5.82 Å². The van der Waals surface area contributed by atoms with Gasteiger partial charge in [0.25, 0.3) is 5.91 Å². The van der Waals surface area contributed by atoms with Crippen LogP contribution >= 0.6 is 11.6 Å². The minimum atomic E-state index is -0.653. The van der Waals surface area contributed by atoms with E-state index in [1.807, 2.05) is 0 Å². The second-order valence-electron chi connectivity index (χ2n) is 7.08. The second kappa shape index (κ2) is 8.65. The molecule has 0 aromatic heterocycles. The first-order valence-corrected chi connectivity index (χ1v) is 9.97. The highest BCUT2D eigenvalue weighted by Gasteiger charge is 2.31. The standard InChI is InChI=1S/C23H19ClFN3O3/c1-14-22(29)28(13-15-2-6-17(25)7-3-15)20-12-19(10-11-21(20)31-14)27-23(30)26-18-8-4-16(24)5-9-18/h2-12,14H,13H2,1H3,(H2,26,27,30). The number of nitrogens with one attached hydrogen (secondary N) is 2. The number of urea groups is 1. The fourth-order valence-corrected chi connectivity index (χ4v) is 3.37. The van der Waals surface area contributed by atoms with Crippen LogP contribution in [0.25, 0.3) is 0 Å². The van der Waals surface area contributed by atoms with Crippen molar-refractivity contribution in [2.75, 3.05) is 15.5 Å². The minimum Gasteiger partial charge on any atom is -0.479 e. The average Bonchev–Trinajstić information content (AvgIpc) is 2.75. The van der Waals surface area contributed by atoms with Gasteiger partial charge in [-0.2, -0.15) is 0 Å². The molecule has 158 valence electrons. The SMILES string of the molecule is CC1Oc2ccc(NC(=O)Nc3ccc(Cl)cc3)cc2N(Cc2ccc(F)cc2)C1=O. The van der Waals surface area contributed by atoms with Crippen LogP contribution in [0.4, 0.5) is 26.2 Å². The summed E-state index contributed by atoms with van der Waals surface area (Å²) in [5.74, 6) is -0.0403. The monoisotopic (exact) mass is 439 g/mol. The van der Waals surface area contributed by atoms with E-state index in [0.717, 1.165) is 5.56 Å². The van der Waals surface area contributed by atoms with Crippen molar-refractivity contribution in [3.63, 3.8) is 0 Å². The lowest BCUT2D eigenvalue weighted by molar-refractivity contribution is -0.125. The van der Waals surface area contributed by atoms with Crippen LogP contribution in [0.3, 0.4) is 0 Å². The van der Waals surface area contributed by atoms with E-state index in [2.05, 4.69) is 10.6 Å². The van der Waals surface area contributed by atoms with Gasteiger partial charge in [-0.3, -0.25) is 4.79 Å². The van der Waals surface area contributed by atoms with Crippen molar-refractivity contribution in [1.82, 2.24) is 0 Å². The van der Waals surface area contributed by atoms with E-state index in [0.29, 0.717) is 27.8 Å². The van der Waals surface area contributed by atoms with Crippen LogP contribution in [0.2, 0.25) is 5.02 Å². The first kappa shape index (κ1) is 20.7. The highest BCUT2D eigenvalue weighted by atomic mass is 35.5. The second-order valence-corrected chi connectivity index (χ2v) is 7.52. The number of carbonyl (C=O) groups excluding carboxylic acids is 2. The molecule has 0 saturated heterocycles. The normalized spacial score (nSPS) is 15.1. The highest BCUT2D eigenvalue weighted by molar-refractivity contribution is 6.30. The van der Waals surface area contributed by atoms with Gasteiger partial charge < -0.3 is 20.3 Å². The van der Waals surface area contributed by atoms with Gasteiger partial charge in [0.05, 0.1) is 12.2 Å². The van der Waals surface area contributed by atoms with Crippen molar-refractivity contribution < 1.29 is 18.7 Å². The fraction of sp³-hybridized carbons (Fsp3) is 0.130. The molecule has 3 aromatic carbocycles. The van der Waals surface area contributed by atoms with Gasteiger partial charge in [0, 0.05) is 16.4 Å². The molecule has 31 heavy (non-hydrogen) atoms. The molecule has 4 rings (SSSR count). The van der Waals surface area contributed by atoms with Gasteiger partial charge in [-0.25, -0.2) is 9.18 Å². The average molecular weight is 440 g/mol. The van der Waals surface area contributed by atoms with Crippen molar-refractivity contribution in [2.45, 2.75) is 19.6 Å². The first-order chi connectivity index (χ1) is 14.9. The topological polar surface area (TPSA) is 70.7 Å². The number of carbonyl (C=O) groups is 2. The summed E-state index contributed by atoms with van der Waals surface area (Å²) in [4.78, 5) is 26.7. The lowest BCUT2D eigenvalue weighted by Gasteiger charge is -2.33. The molecule has 0 fully saturated rings. The molecular weight excluding hydrogens is 421 g/mol. The quantitative estimate of drug-likeness (QED) is 0.568. The Hall–Kier alpha value is -3.58. The Labute approximate surface area is 183 Å². The lowest BCUT2D eigenvalue weighted by atomic mass is 10.1. The molecule has 0 aliphatic carbocycles. The molecule has 8 heteroatoms. The summed E-state index contributed by atoms with van der Waals surface area (Å²) >= 11 is 5.86. The third kappa shape index (κ3) is 4.78. The number of hydrogen-bond donors (Lipinski definition) is 2. The van der Waals surface area contributed by atoms with Gasteiger partial charge >= 0.3 is 6.03 Å². The molecular formula is C23H19ClFN3O3. The van der Waals surface area contributed by atoms with E-state index in [9.17, 15) is 14.0 Å². The van der Waals surface area contributed by atoms with E-state index >= 15 is 0 Å². The highest BCUT2D eigenvalue weighted by Crippen LogP contribution is 2.37. The first-order valence-electron chi connectivity index (χ1n) is 9.59. The zero-order valence-corrected chi connectivity index (χ0v) is 17.3. The molecule has 1 unspecified atom stereocenters. The molecule has 3 amide bonds. The van der Waals surface area contributed by atoms with Crippen LogP contribution in [-0.4, -0.2) is 18.0 Å². The number of halogens is 2. The van der Waals surface area contributed by atoms with Gasteiger partial charge in [0.1, 0.15) is 11.6 Å². The summed E-state index contributed by atoms with van der Waals surface area (Å²) in [6.07, 6.45) is -0.653. The summed E-state index contributed by atoms with van der Waals surface area (Å²) in [6.45, 7) is 1.93. The maximum atomic E-state index is 13.2. The zero-order chi connectivity index (χ0) is 22.0. The number of amides is 3. The molecule has 1 heterocycles. The Balaban J connectivity index is 1.55. The molecule has 6 nitrogen and oxygen atoms in total. The number of fused-ring (bicyclic) bond motifs is 1. The number of benzene rings is 3. The van der Waals surface area contributed by atoms with Crippen LogP contribution in [0.5, 0.6) is 5.75 Å².